The maximum atomic E-state index is 12.1. The Morgan fingerprint density at radius 3 is 2.90 bits per heavy atom. The fourth-order valence-corrected chi connectivity index (χ4v) is 2.90. The van der Waals surface area contributed by atoms with Gasteiger partial charge in [0.05, 0.1) is 12.3 Å². The molecule has 116 valence electrons. The first-order valence-corrected chi connectivity index (χ1v) is 8.64. The Morgan fingerprint density at radius 1 is 1.43 bits per heavy atom. The molecular formula is C13H17ClN2O4S. The molecule has 8 heteroatoms. The summed E-state index contributed by atoms with van der Waals surface area (Å²) in [6.07, 6.45) is 0.365. The Balaban J connectivity index is 1.99. The molecule has 0 saturated carbocycles. The van der Waals surface area contributed by atoms with Crippen molar-refractivity contribution in [3.05, 3.63) is 28.8 Å². The number of carbonyl (C=O) groups is 1. The summed E-state index contributed by atoms with van der Waals surface area (Å²) in [5.41, 5.74) is 0.847. The first-order chi connectivity index (χ1) is 9.85. The summed E-state index contributed by atoms with van der Waals surface area (Å²) in [5, 5.41) is 5.50. The van der Waals surface area contributed by atoms with Gasteiger partial charge in [-0.25, -0.2) is 13.6 Å². The summed E-state index contributed by atoms with van der Waals surface area (Å²) in [4.78, 5) is 13.8. The predicted octanol–water partition coefficient (Wildman–Crippen LogP) is 1.13. The molecule has 0 radical (unpaired) electrons. The zero-order valence-electron chi connectivity index (χ0n) is 11.4. The van der Waals surface area contributed by atoms with Gasteiger partial charge in [-0.3, -0.25) is 4.79 Å². The number of carbonyl (C=O) groups excluding carboxylic acids is 1. The van der Waals surface area contributed by atoms with Crippen LogP contribution in [0.4, 0.5) is 0 Å². The molecule has 0 bridgehead atoms. The number of fused-ring (bicyclic) bond motifs is 1. The van der Waals surface area contributed by atoms with Gasteiger partial charge in [-0.1, -0.05) is 11.6 Å². The zero-order chi connectivity index (χ0) is 15.5. The van der Waals surface area contributed by atoms with Gasteiger partial charge in [-0.05, 0) is 24.6 Å². The lowest BCUT2D eigenvalue weighted by Crippen LogP contribution is -2.32. The standard InChI is InChI=1S/C13H17ClN2O4S/c14-11-3-4-12-10(8-11)9-16(5-6-20-12)13(17)2-1-7-21(15,18)19/h3-4,8H,1-2,5-7,9H2,(H2,15,18,19). The Morgan fingerprint density at radius 2 is 2.19 bits per heavy atom. The third-order valence-corrected chi connectivity index (χ3v) is 4.27. The maximum Gasteiger partial charge on any atom is 0.223 e. The van der Waals surface area contributed by atoms with E-state index in [-0.39, 0.29) is 24.5 Å². The van der Waals surface area contributed by atoms with E-state index in [0.29, 0.717) is 24.7 Å². The Bertz CT molecular complexity index is 633. The van der Waals surface area contributed by atoms with Crippen LogP contribution < -0.4 is 9.88 Å². The van der Waals surface area contributed by atoms with Crippen molar-refractivity contribution < 1.29 is 17.9 Å². The van der Waals surface area contributed by atoms with E-state index in [0.717, 1.165) is 11.3 Å². The van der Waals surface area contributed by atoms with Crippen molar-refractivity contribution in [1.82, 2.24) is 4.90 Å². The maximum absolute atomic E-state index is 12.1. The molecule has 21 heavy (non-hydrogen) atoms. The summed E-state index contributed by atoms with van der Waals surface area (Å²) < 4.78 is 27.3. The van der Waals surface area contributed by atoms with Crippen molar-refractivity contribution in [2.45, 2.75) is 19.4 Å². The number of nitrogens with zero attached hydrogens (tertiary/aromatic N) is 1. The van der Waals surface area contributed by atoms with Crippen LogP contribution in [0.15, 0.2) is 18.2 Å². The number of hydrogen-bond acceptors (Lipinski definition) is 4. The van der Waals surface area contributed by atoms with Gasteiger partial charge in [-0.15, -0.1) is 0 Å². The summed E-state index contributed by atoms with van der Waals surface area (Å²) >= 11 is 5.95. The molecule has 1 aliphatic rings. The Labute approximate surface area is 128 Å². The number of sulfonamides is 1. The van der Waals surface area contributed by atoms with Crippen molar-refractivity contribution in [2.75, 3.05) is 18.9 Å². The van der Waals surface area contributed by atoms with Gasteiger partial charge in [0.15, 0.2) is 0 Å². The summed E-state index contributed by atoms with van der Waals surface area (Å²) in [7, 11) is -3.52. The molecular weight excluding hydrogens is 316 g/mol. The number of halogens is 1. The van der Waals surface area contributed by atoms with Gasteiger partial charge in [0.1, 0.15) is 12.4 Å². The van der Waals surface area contributed by atoms with E-state index in [2.05, 4.69) is 0 Å². The van der Waals surface area contributed by atoms with Crippen molar-refractivity contribution in [1.29, 1.82) is 0 Å². The smallest absolute Gasteiger partial charge is 0.223 e. The van der Waals surface area contributed by atoms with Crippen molar-refractivity contribution in [3.63, 3.8) is 0 Å². The average Bonchev–Trinajstić information content (AvgIpc) is 2.58. The third kappa shape index (κ3) is 4.87. The molecule has 2 N–H and O–H groups in total. The van der Waals surface area contributed by atoms with Crippen LogP contribution in [0.1, 0.15) is 18.4 Å². The van der Waals surface area contributed by atoms with Crippen LogP contribution in [0.25, 0.3) is 0 Å². The highest BCUT2D eigenvalue weighted by Crippen LogP contribution is 2.26. The van der Waals surface area contributed by atoms with E-state index < -0.39 is 10.0 Å². The molecule has 0 spiro atoms. The summed E-state index contributed by atoms with van der Waals surface area (Å²) in [5.74, 6) is 0.417. The largest absolute Gasteiger partial charge is 0.491 e. The van der Waals surface area contributed by atoms with Crippen molar-refractivity contribution in [3.8, 4) is 5.75 Å². The fourth-order valence-electron chi connectivity index (χ4n) is 2.16. The molecule has 2 rings (SSSR count). The number of ether oxygens (including phenoxy) is 1. The van der Waals surface area contributed by atoms with Crippen LogP contribution in [-0.2, 0) is 21.4 Å². The SMILES string of the molecule is NS(=O)(=O)CCCC(=O)N1CCOc2ccc(Cl)cc2C1. The van der Waals surface area contributed by atoms with Crippen LogP contribution in [-0.4, -0.2) is 38.1 Å². The minimum absolute atomic E-state index is 0.116. The predicted molar refractivity (Wildman–Crippen MR) is 79.6 cm³/mol. The van der Waals surface area contributed by atoms with E-state index in [1.165, 1.54) is 0 Å². The van der Waals surface area contributed by atoms with Gasteiger partial charge in [0.2, 0.25) is 15.9 Å². The Hall–Kier alpha value is -1.31. The number of primary sulfonamides is 1. The van der Waals surface area contributed by atoms with Crippen molar-refractivity contribution >= 4 is 27.5 Å². The number of amides is 1. The average molecular weight is 333 g/mol. The minimum atomic E-state index is -3.52. The highest BCUT2D eigenvalue weighted by Gasteiger charge is 2.20. The van der Waals surface area contributed by atoms with Gasteiger partial charge >= 0.3 is 0 Å². The quantitative estimate of drug-likeness (QED) is 0.895. The van der Waals surface area contributed by atoms with Crippen molar-refractivity contribution in [2.24, 2.45) is 5.14 Å². The topological polar surface area (TPSA) is 89.7 Å². The lowest BCUT2D eigenvalue weighted by molar-refractivity contribution is -0.131. The highest BCUT2D eigenvalue weighted by molar-refractivity contribution is 7.89. The molecule has 0 aromatic heterocycles. The normalized spacial score (nSPS) is 15.0. The van der Waals surface area contributed by atoms with Gasteiger partial charge in [-0.2, -0.15) is 0 Å². The number of hydrogen-bond donors (Lipinski definition) is 1. The lowest BCUT2D eigenvalue weighted by Gasteiger charge is -2.19. The molecule has 6 nitrogen and oxygen atoms in total. The molecule has 0 fully saturated rings. The number of rotatable bonds is 4. The molecule has 1 amide bonds. The molecule has 1 heterocycles. The second kappa shape index (κ2) is 6.64. The summed E-state index contributed by atoms with van der Waals surface area (Å²) in [6.45, 7) is 1.26. The second-order valence-electron chi connectivity index (χ2n) is 4.89. The zero-order valence-corrected chi connectivity index (χ0v) is 13.0. The van der Waals surface area contributed by atoms with E-state index in [4.69, 9.17) is 21.5 Å². The van der Waals surface area contributed by atoms with Gasteiger partial charge < -0.3 is 9.64 Å². The molecule has 0 atom stereocenters. The van der Waals surface area contributed by atoms with Crippen LogP contribution >= 0.6 is 11.6 Å². The molecule has 0 aliphatic carbocycles. The monoisotopic (exact) mass is 332 g/mol. The molecule has 1 aliphatic heterocycles. The Kier molecular flexibility index (Phi) is 5.08. The van der Waals surface area contributed by atoms with Crippen LogP contribution in [0, 0.1) is 0 Å². The molecule has 1 aromatic rings. The third-order valence-electron chi connectivity index (χ3n) is 3.17. The first-order valence-electron chi connectivity index (χ1n) is 6.54. The highest BCUT2D eigenvalue weighted by atomic mass is 35.5. The fraction of sp³-hybridized carbons (Fsp3) is 0.462. The number of benzene rings is 1. The number of nitrogens with two attached hydrogens (primary N) is 1. The van der Waals surface area contributed by atoms with Crippen LogP contribution in [0.2, 0.25) is 5.02 Å². The summed E-state index contributed by atoms with van der Waals surface area (Å²) in [6, 6.07) is 5.30. The lowest BCUT2D eigenvalue weighted by atomic mass is 10.2. The van der Waals surface area contributed by atoms with Crippen LogP contribution in [0.3, 0.4) is 0 Å². The second-order valence-corrected chi connectivity index (χ2v) is 7.06. The van der Waals surface area contributed by atoms with E-state index >= 15 is 0 Å². The molecule has 1 aromatic carbocycles. The van der Waals surface area contributed by atoms with E-state index in [1.807, 2.05) is 0 Å². The van der Waals surface area contributed by atoms with E-state index in [9.17, 15) is 13.2 Å². The van der Waals surface area contributed by atoms with Gasteiger partial charge in [0.25, 0.3) is 0 Å². The van der Waals surface area contributed by atoms with Gasteiger partial charge in [0, 0.05) is 23.6 Å². The minimum Gasteiger partial charge on any atom is -0.491 e. The molecule has 0 saturated heterocycles. The molecule has 0 unspecified atom stereocenters. The van der Waals surface area contributed by atoms with Crippen LogP contribution in [0.5, 0.6) is 5.75 Å². The van der Waals surface area contributed by atoms with E-state index in [1.54, 1.807) is 23.1 Å². The first kappa shape index (κ1) is 16.1.